The molecular weight excluding hydrogens is 300 g/mol. The van der Waals surface area contributed by atoms with E-state index in [1.807, 2.05) is 0 Å². The average Bonchev–Trinajstić information content (AvgIpc) is 3.15. The molecule has 2 saturated carbocycles. The smallest absolute Gasteiger partial charge is 0.0244 e. The van der Waals surface area contributed by atoms with Gasteiger partial charge in [0.2, 0.25) is 0 Å². The minimum Gasteiger partial charge on any atom is -0.314 e. The Morgan fingerprint density at radius 3 is 2.63 bits per heavy atom. The van der Waals surface area contributed by atoms with Crippen molar-refractivity contribution in [3.05, 3.63) is 34.3 Å². The summed E-state index contributed by atoms with van der Waals surface area (Å²) in [6.07, 6.45) is 5.54. The van der Waals surface area contributed by atoms with Gasteiger partial charge in [-0.2, -0.15) is 0 Å². The zero-order valence-electron chi connectivity index (χ0n) is 11.6. The highest BCUT2D eigenvalue weighted by atomic mass is 79.9. The molecule has 104 valence electrons. The summed E-state index contributed by atoms with van der Waals surface area (Å²) in [7, 11) is 2.27. The summed E-state index contributed by atoms with van der Waals surface area (Å²) in [6.45, 7) is 2.27. The third-order valence-electron chi connectivity index (χ3n) is 4.57. The molecule has 19 heavy (non-hydrogen) atoms. The fourth-order valence-corrected chi connectivity index (χ4v) is 3.40. The highest BCUT2D eigenvalue weighted by Gasteiger charge is 2.34. The van der Waals surface area contributed by atoms with Gasteiger partial charge >= 0.3 is 0 Å². The molecule has 0 saturated heterocycles. The van der Waals surface area contributed by atoms with Crippen LogP contribution in [0.4, 0.5) is 0 Å². The molecule has 3 heteroatoms. The minimum absolute atomic E-state index is 0.762. The van der Waals surface area contributed by atoms with Gasteiger partial charge in [0.05, 0.1) is 0 Å². The number of nitrogens with zero attached hydrogens (tertiary/aromatic N) is 1. The first-order chi connectivity index (χ1) is 9.24. The Morgan fingerprint density at radius 2 is 2.00 bits per heavy atom. The molecule has 3 rings (SSSR count). The van der Waals surface area contributed by atoms with Crippen LogP contribution in [-0.4, -0.2) is 30.6 Å². The van der Waals surface area contributed by atoms with Gasteiger partial charge in [0.1, 0.15) is 0 Å². The third-order valence-corrected chi connectivity index (χ3v) is 5.34. The normalized spacial score (nSPS) is 26.5. The Labute approximate surface area is 124 Å². The Hall–Kier alpha value is -0.380. The predicted octanol–water partition coefficient (Wildman–Crippen LogP) is 3.41. The molecule has 2 nitrogen and oxygen atoms in total. The topological polar surface area (TPSA) is 15.3 Å². The fraction of sp³-hybridized carbons (Fsp3) is 0.625. The maximum absolute atomic E-state index is 3.68. The molecule has 1 aromatic rings. The Morgan fingerprint density at radius 1 is 1.21 bits per heavy atom. The van der Waals surface area contributed by atoms with Gasteiger partial charge in [-0.25, -0.2) is 0 Å². The molecule has 0 aliphatic heterocycles. The maximum Gasteiger partial charge on any atom is 0.0244 e. The zero-order valence-corrected chi connectivity index (χ0v) is 13.2. The van der Waals surface area contributed by atoms with Crippen LogP contribution in [0.25, 0.3) is 0 Å². The quantitative estimate of drug-likeness (QED) is 0.863. The molecule has 0 heterocycles. The highest BCUT2D eigenvalue weighted by molar-refractivity contribution is 9.10. The molecule has 0 radical (unpaired) electrons. The molecule has 2 atom stereocenters. The molecule has 0 bridgehead atoms. The average molecular weight is 323 g/mol. The number of hydrogen-bond acceptors (Lipinski definition) is 2. The van der Waals surface area contributed by atoms with E-state index < -0.39 is 0 Å². The molecule has 0 spiro atoms. The van der Waals surface area contributed by atoms with Crippen molar-refractivity contribution in [2.45, 2.75) is 44.3 Å². The van der Waals surface area contributed by atoms with Crippen molar-refractivity contribution < 1.29 is 0 Å². The second kappa shape index (κ2) is 5.94. The molecule has 2 fully saturated rings. The van der Waals surface area contributed by atoms with Gasteiger partial charge in [0, 0.05) is 23.1 Å². The van der Waals surface area contributed by atoms with Gasteiger partial charge in [-0.3, -0.25) is 4.90 Å². The van der Waals surface area contributed by atoms with E-state index in [0.29, 0.717) is 0 Å². The van der Waals surface area contributed by atoms with Crippen molar-refractivity contribution in [3.8, 4) is 0 Å². The lowest BCUT2D eigenvalue weighted by atomic mass is 9.78. The largest absolute Gasteiger partial charge is 0.314 e. The van der Waals surface area contributed by atoms with Crippen molar-refractivity contribution in [1.29, 1.82) is 0 Å². The van der Waals surface area contributed by atoms with Crippen LogP contribution in [0.3, 0.4) is 0 Å². The van der Waals surface area contributed by atoms with Gasteiger partial charge in [-0.15, -0.1) is 0 Å². The first-order valence-electron chi connectivity index (χ1n) is 7.41. The second-order valence-electron chi connectivity index (χ2n) is 6.09. The van der Waals surface area contributed by atoms with Crippen LogP contribution in [0.5, 0.6) is 0 Å². The third kappa shape index (κ3) is 3.39. The summed E-state index contributed by atoms with van der Waals surface area (Å²) in [4.78, 5) is 2.53. The molecule has 0 amide bonds. The van der Waals surface area contributed by atoms with Crippen molar-refractivity contribution in [3.63, 3.8) is 0 Å². The first kappa shape index (κ1) is 13.6. The van der Waals surface area contributed by atoms with Crippen LogP contribution >= 0.6 is 15.9 Å². The number of nitrogens with one attached hydrogen (secondary N) is 1. The summed E-state index contributed by atoms with van der Waals surface area (Å²) >= 11 is 3.65. The van der Waals surface area contributed by atoms with E-state index in [9.17, 15) is 0 Å². The number of rotatable bonds is 6. The van der Waals surface area contributed by atoms with Gasteiger partial charge in [-0.05, 0) is 56.8 Å². The standard InChI is InChI=1S/C16H23BrN2/c1-19(11-13-4-2-3-5-15(13)17)16-9-6-12(16)10-18-14-7-8-14/h2-5,12,14,16,18H,6-11H2,1H3. The minimum atomic E-state index is 0.762. The predicted molar refractivity (Wildman–Crippen MR) is 83.1 cm³/mol. The van der Waals surface area contributed by atoms with E-state index in [0.717, 1.165) is 24.5 Å². The van der Waals surface area contributed by atoms with Crippen LogP contribution in [0, 0.1) is 5.92 Å². The molecule has 1 aromatic carbocycles. The van der Waals surface area contributed by atoms with Crippen LogP contribution in [0.1, 0.15) is 31.2 Å². The SMILES string of the molecule is CN(Cc1ccccc1Br)C1CCC1CNC1CC1. The van der Waals surface area contributed by atoms with Gasteiger partial charge < -0.3 is 5.32 Å². The van der Waals surface area contributed by atoms with E-state index in [1.165, 1.54) is 42.3 Å². The van der Waals surface area contributed by atoms with Gasteiger partial charge in [0.25, 0.3) is 0 Å². The second-order valence-corrected chi connectivity index (χ2v) is 6.95. The van der Waals surface area contributed by atoms with Gasteiger partial charge in [0.15, 0.2) is 0 Å². The molecule has 0 aromatic heterocycles. The first-order valence-corrected chi connectivity index (χ1v) is 8.20. The number of benzene rings is 1. The Bertz CT molecular complexity index is 431. The summed E-state index contributed by atoms with van der Waals surface area (Å²) in [5.41, 5.74) is 1.39. The lowest BCUT2D eigenvalue weighted by Gasteiger charge is -2.43. The van der Waals surface area contributed by atoms with Crippen LogP contribution < -0.4 is 5.32 Å². The maximum atomic E-state index is 3.68. The summed E-state index contributed by atoms with van der Waals surface area (Å²) < 4.78 is 1.23. The van der Waals surface area contributed by atoms with E-state index in [4.69, 9.17) is 0 Å². The molecule has 1 N–H and O–H groups in total. The van der Waals surface area contributed by atoms with Crippen LogP contribution in [-0.2, 0) is 6.54 Å². The monoisotopic (exact) mass is 322 g/mol. The molecule has 2 unspecified atom stereocenters. The molecule has 2 aliphatic carbocycles. The van der Waals surface area contributed by atoms with Gasteiger partial charge in [-0.1, -0.05) is 34.1 Å². The Kier molecular flexibility index (Phi) is 4.25. The number of hydrogen-bond donors (Lipinski definition) is 1. The Balaban J connectivity index is 1.52. The van der Waals surface area contributed by atoms with Crippen molar-refractivity contribution in [2.75, 3.05) is 13.6 Å². The van der Waals surface area contributed by atoms with E-state index in [1.54, 1.807) is 0 Å². The zero-order chi connectivity index (χ0) is 13.2. The number of halogens is 1. The lowest BCUT2D eigenvalue weighted by molar-refractivity contribution is 0.0777. The van der Waals surface area contributed by atoms with Crippen LogP contribution in [0.2, 0.25) is 0 Å². The molecule has 2 aliphatic rings. The lowest BCUT2D eigenvalue weighted by Crippen LogP contribution is -2.48. The highest BCUT2D eigenvalue weighted by Crippen LogP contribution is 2.33. The van der Waals surface area contributed by atoms with E-state index >= 15 is 0 Å². The van der Waals surface area contributed by atoms with Crippen molar-refractivity contribution >= 4 is 15.9 Å². The van der Waals surface area contributed by atoms with Crippen LogP contribution in [0.15, 0.2) is 28.7 Å². The summed E-state index contributed by atoms with van der Waals surface area (Å²) in [5.74, 6) is 0.855. The van der Waals surface area contributed by atoms with Crippen molar-refractivity contribution in [2.24, 2.45) is 5.92 Å². The fourth-order valence-electron chi connectivity index (χ4n) is 2.99. The summed E-state index contributed by atoms with van der Waals surface area (Å²) in [6, 6.07) is 10.2. The summed E-state index contributed by atoms with van der Waals surface area (Å²) in [5, 5.41) is 3.68. The molecular formula is C16H23BrN2. The van der Waals surface area contributed by atoms with Crippen molar-refractivity contribution in [1.82, 2.24) is 10.2 Å². The van der Waals surface area contributed by atoms with E-state index in [2.05, 4.69) is 57.5 Å². The van der Waals surface area contributed by atoms with E-state index in [-0.39, 0.29) is 0 Å².